The van der Waals surface area contributed by atoms with Crippen LogP contribution >= 0.6 is 23.5 Å². The summed E-state index contributed by atoms with van der Waals surface area (Å²) in [6.45, 7) is -1.16. The van der Waals surface area contributed by atoms with Crippen molar-refractivity contribution in [3.63, 3.8) is 0 Å². The molecule has 6 aliphatic rings. The fraction of sp³-hybridized carbons (Fsp3) is 0.235. The number of nitrogens with two attached hydrogens (primary N) is 2. The minimum Gasteiger partial charge on any atom is -0.508 e. The summed E-state index contributed by atoms with van der Waals surface area (Å²) in [6, 6.07) is 25.9. The minimum absolute atomic E-state index is 0.00120. The maximum absolute atomic E-state index is 14.7. The number of phenols is 1. The molecule has 0 bridgehead atoms. The number of aromatic amines is 1. The van der Waals surface area contributed by atoms with Gasteiger partial charge in [0.1, 0.15) is 40.2 Å². The number of amides is 4. The lowest BCUT2D eigenvalue weighted by atomic mass is 9.85. The Balaban J connectivity index is 0.716. The van der Waals surface area contributed by atoms with Crippen molar-refractivity contribution in [2.45, 2.75) is 69.2 Å². The number of nitrogens with zero attached hydrogens (tertiary/aromatic N) is 3. The molecule has 4 amide bonds. The molecule has 34 nitrogen and oxygen atoms in total. The molecule has 6 heterocycles. The number of nitrogen functional groups attached to an aromatic ring is 2. The van der Waals surface area contributed by atoms with Crippen LogP contribution in [0.3, 0.4) is 0 Å². The smallest absolute Gasteiger partial charge is 0.490 e. The van der Waals surface area contributed by atoms with E-state index < -0.39 is 89.1 Å². The highest BCUT2D eigenvalue weighted by Crippen LogP contribution is 2.66. The summed E-state index contributed by atoms with van der Waals surface area (Å²) in [5.74, 6) is 0.296. The SMILES string of the molecule is N=c1ccc2c(-c3ccc(C(=O)NC4(C(=O)NCCCCCC(=O)NCC#Cc5cn(C6CCC(COP(=O)(O)OP(=O)(O)OP(=O)(O)O)O6)c6nc(N)[nH]c(=O)c56)CCN(C(=O)c5ccc(-c6c7ccc(=O)cc-7oc7cc(O)ccc67)c(C(=O)O)c5)CC4)cc3C(=O)O)c3ccc(N)cc3oc-2c1. The predicted molar refractivity (Wildman–Crippen MR) is 373 cm³/mol. The van der Waals surface area contributed by atoms with E-state index in [1.54, 1.807) is 24.3 Å². The normalized spacial score (nSPS) is 16.3. The van der Waals surface area contributed by atoms with Crippen molar-refractivity contribution >= 4 is 104 Å². The summed E-state index contributed by atoms with van der Waals surface area (Å²) < 4.78 is 66.7. The van der Waals surface area contributed by atoms with Gasteiger partial charge in [0.25, 0.3) is 17.4 Å². The van der Waals surface area contributed by atoms with Crippen LogP contribution in [-0.2, 0) is 41.2 Å². The van der Waals surface area contributed by atoms with Crippen LogP contribution in [-0.4, -0.2) is 134 Å². The maximum Gasteiger partial charge on any atom is 0.490 e. The largest absolute Gasteiger partial charge is 0.508 e. The quantitative estimate of drug-likeness (QED) is 0.00994. The number of anilines is 2. The van der Waals surface area contributed by atoms with Crippen LogP contribution < -0.4 is 43.8 Å². The Morgan fingerprint density at radius 3 is 2.05 bits per heavy atom. The highest BCUT2D eigenvalue weighted by atomic mass is 31.3. The first kappa shape index (κ1) is 73.6. The summed E-state index contributed by atoms with van der Waals surface area (Å²) in [4.78, 5) is 154. The third-order valence-electron chi connectivity index (χ3n) is 17.6. The number of carbonyl (C=O) groups is 6. The first-order chi connectivity index (χ1) is 49.8. The number of fused-ring (bicyclic) bond motifs is 5. The Morgan fingerprint density at radius 2 is 1.36 bits per heavy atom. The molecule has 2 aliphatic carbocycles. The van der Waals surface area contributed by atoms with Gasteiger partial charge in [0.2, 0.25) is 17.8 Å². The van der Waals surface area contributed by atoms with E-state index in [1.807, 2.05) is 0 Å². The summed E-state index contributed by atoms with van der Waals surface area (Å²) in [6.07, 6.45) is 0.650. The Kier molecular flexibility index (Phi) is 20.7. The monoisotopic (exact) mass is 1500 g/mol. The van der Waals surface area contributed by atoms with E-state index in [0.29, 0.717) is 63.6 Å². The number of piperidine rings is 1. The minimum atomic E-state index is -5.77. The van der Waals surface area contributed by atoms with Crippen molar-refractivity contribution in [1.82, 2.24) is 35.4 Å². The molecular weight excluding hydrogens is 1430 g/mol. The average molecular weight is 1500 g/mol. The third-order valence-corrected chi connectivity index (χ3v) is 21.4. The highest BCUT2D eigenvalue weighted by Gasteiger charge is 2.45. The van der Waals surface area contributed by atoms with Crippen LogP contribution in [0, 0.1) is 17.3 Å². The number of carbonyl (C=O) groups excluding carboxylic acids is 4. The van der Waals surface area contributed by atoms with Crippen LogP contribution in [0.5, 0.6) is 5.75 Å². The van der Waals surface area contributed by atoms with Gasteiger partial charge >= 0.3 is 35.4 Å². The zero-order valence-electron chi connectivity index (χ0n) is 54.7. The summed E-state index contributed by atoms with van der Waals surface area (Å²) in [7, 11) is -16.9. The van der Waals surface area contributed by atoms with Gasteiger partial charge in [0, 0.05) is 106 Å². The number of likely N-dealkylation sites (tertiary alicyclic amines) is 1. The number of H-pyrrole nitrogens is 1. The number of phenolic OH excluding ortho intramolecular Hbond substituents is 1. The fourth-order valence-corrected chi connectivity index (χ4v) is 15.8. The fourth-order valence-electron chi connectivity index (χ4n) is 12.8. The van der Waals surface area contributed by atoms with E-state index in [-0.39, 0.29) is 148 Å². The Morgan fingerprint density at radius 1 is 0.724 bits per heavy atom. The van der Waals surface area contributed by atoms with Gasteiger partial charge < -0.3 is 90.8 Å². The van der Waals surface area contributed by atoms with E-state index in [2.05, 4.69) is 46.4 Å². The molecule has 37 heteroatoms. The number of carboxylic acid groups (broad SMARTS) is 2. The zero-order valence-corrected chi connectivity index (χ0v) is 57.4. The Bertz CT molecular complexity index is 5570. The molecular formula is C68H63N10O24P3. The molecule has 4 atom stereocenters. The summed E-state index contributed by atoms with van der Waals surface area (Å²) in [5.41, 5.74) is 11.4. The number of hydrogen-bond donors (Lipinski definition) is 14. The molecule has 0 saturated carbocycles. The highest BCUT2D eigenvalue weighted by molar-refractivity contribution is 7.66. The zero-order chi connectivity index (χ0) is 75.0. The van der Waals surface area contributed by atoms with Gasteiger partial charge in [-0.2, -0.15) is 13.6 Å². The van der Waals surface area contributed by atoms with E-state index in [0.717, 1.165) is 0 Å². The number of phosphoric ester groups is 1. The number of nitrogens with one attached hydrogen (secondary N) is 5. The molecule has 105 heavy (non-hydrogen) atoms. The molecule has 2 saturated heterocycles. The number of hydrogen-bond acceptors (Lipinski definition) is 22. The van der Waals surface area contributed by atoms with Crippen molar-refractivity contribution in [2.75, 3.05) is 44.3 Å². The van der Waals surface area contributed by atoms with Gasteiger partial charge in [-0.3, -0.25) is 38.3 Å². The lowest BCUT2D eigenvalue weighted by Gasteiger charge is -2.41. The Hall–Kier alpha value is -11.2. The van der Waals surface area contributed by atoms with E-state index >= 15 is 0 Å². The number of ether oxygens (including phenoxy) is 1. The van der Waals surface area contributed by atoms with Crippen LogP contribution in [0.25, 0.3) is 77.9 Å². The van der Waals surface area contributed by atoms with Crippen molar-refractivity contribution in [1.29, 1.82) is 5.41 Å². The van der Waals surface area contributed by atoms with E-state index in [9.17, 15) is 77.2 Å². The Labute approximate surface area is 591 Å². The molecule has 6 aromatic rings. The number of aromatic hydroxyl groups is 1. The number of carboxylic acids is 2. The number of rotatable bonds is 23. The summed E-state index contributed by atoms with van der Waals surface area (Å²) in [5, 5.41) is 49.5. The van der Waals surface area contributed by atoms with Crippen molar-refractivity contribution < 1.29 is 104 Å². The number of benzene rings is 6. The second-order valence-electron chi connectivity index (χ2n) is 24.6. The van der Waals surface area contributed by atoms with Gasteiger partial charge in [-0.05, 0) is 122 Å². The molecule has 4 unspecified atom stereocenters. The molecule has 16 N–H and O–H groups in total. The predicted octanol–water partition coefficient (Wildman–Crippen LogP) is 7.14. The van der Waals surface area contributed by atoms with Crippen molar-refractivity contribution in [3.8, 4) is 62.5 Å². The first-order valence-corrected chi connectivity index (χ1v) is 36.6. The molecule has 544 valence electrons. The average Bonchev–Trinajstić information content (AvgIpc) is 1.52. The van der Waals surface area contributed by atoms with Gasteiger partial charge in [-0.15, -0.1) is 0 Å². The number of aromatic carboxylic acids is 2. The lowest BCUT2D eigenvalue weighted by Crippen LogP contribution is -2.63. The standard InChI is InChI=1S/C68H63N10O24P3/c69-38-9-16-45-51(29-38)99-52-30-39(70)10-17-46(52)58(45)43-14-7-35(27-49(43)64(85)86)61(82)76-68(21-25-77(26-22-68)63(84)36-8-15-44(50(28-36)65(87)88)59-47-18-11-40(79)31-53(47)100-54-32-41(80)12-19-48(54)59)66(89)73-23-3-1-2-6-55(81)72-24-4-5-37-33-78(60-57(37)62(83)75-67(71)74-60)56-20-13-42(98-56)34-97-104(93,94)102-105(95,96)101-103(90,91)92/h7-12,14-19,27-33,42,56,69,79H,1-3,6,13,20-26,34,70H2,(H,72,81)(H,73,89)(H,76,82)(H,85,86)(H,87,88)(H,93,94)(H,95,96)(H2,90,91,92)(H3,71,74,75,83). The first-order valence-electron chi connectivity index (χ1n) is 32.1. The second kappa shape index (κ2) is 29.5. The number of unbranched alkanes of at least 4 members (excludes halogenated alkanes) is 2. The molecule has 4 aromatic carbocycles. The van der Waals surface area contributed by atoms with Crippen LogP contribution in [0.15, 0.2) is 134 Å². The van der Waals surface area contributed by atoms with Crippen molar-refractivity contribution in [3.05, 3.63) is 169 Å². The molecule has 2 fully saturated rings. The van der Waals surface area contributed by atoms with Crippen LogP contribution in [0.1, 0.15) is 105 Å². The molecule has 0 spiro atoms. The van der Waals surface area contributed by atoms with Crippen LogP contribution in [0.4, 0.5) is 11.6 Å². The topological polar surface area (TPSA) is 541 Å². The van der Waals surface area contributed by atoms with Gasteiger partial charge in [-0.1, -0.05) is 30.4 Å². The number of phosphoric acid groups is 3. The van der Waals surface area contributed by atoms with Crippen LogP contribution in [0.2, 0.25) is 0 Å². The molecule has 4 aliphatic heterocycles. The van der Waals surface area contributed by atoms with E-state index in [1.165, 1.54) is 101 Å². The van der Waals surface area contributed by atoms with Crippen molar-refractivity contribution in [2.24, 2.45) is 0 Å². The molecule has 0 radical (unpaired) electrons. The second-order valence-corrected chi connectivity index (χ2v) is 29.1. The lowest BCUT2D eigenvalue weighted by molar-refractivity contribution is -0.129. The number of aromatic nitrogens is 3. The summed E-state index contributed by atoms with van der Waals surface area (Å²) >= 11 is 0. The molecule has 12 rings (SSSR count). The maximum atomic E-state index is 14.7. The third kappa shape index (κ3) is 16.3. The molecule has 2 aromatic heterocycles. The van der Waals surface area contributed by atoms with Gasteiger partial charge in [-0.25, -0.2) is 23.3 Å². The van der Waals surface area contributed by atoms with E-state index in [4.69, 9.17) is 44.8 Å². The van der Waals surface area contributed by atoms with Gasteiger partial charge in [0.15, 0.2) is 11.1 Å². The van der Waals surface area contributed by atoms with Gasteiger partial charge in [0.05, 0.1) is 46.7 Å².